The number of primary amides is 1. The minimum Gasteiger partial charge on any atom is -0.496 e. The van der Waals surface area contributed by atoms with E-state index in [9.17, 15) is 13.2 Å². The van der Waals surface area contributed by atoms with Crippen molar-refractivity contribution in [1.82, 2.24) is 4.31 Å². The molecule has 1 amide bonds. The van der Waals surface area contributed by atoms with Gasteiger partial charge in [0.2, 0.25) is 10.0 Å². The zero-order valence-electron chi connectivity index (χ0n) is 11.5. The topological polar surface area (TPSA) is 89.7 Å². The minimum absolute atomic E-state index is 0.0594. The molecule has 2 N–H and O–H groups in total. The van der Waals surface area contributed by atoms with Crippen molar-refractivity contribution in [3.63, 3.8) is 0 Å². The summed E-state index contributed by atoms with van der Waals surface area (Å²) in [5.41, 5.74) is 5.37. The van der Waals surface area contributed by atoms with E-state index in [1.165, 1.54) is 25.3 Å². The highest BCUT2D eigenvalue weighted by molar-refractivity contribution is 8.00. The van der Waals surface area contributed by atoms with Crippen LogP contribution in [0.5, 0.6) is 5.75 Å². The number of ether oxygens (including phenoxy) is 1. The first-order valence-corrected chi connectivity index (χ1v) is 9.03. The van der Waals surface area contributed by atoms with E-state index in [-0.39, 0.29) is 22.3 Å². The molecule has 3 rings (SSSR count). The molecule has 8 heteroatoms. The van der Waals surface area contributed by atoms with Gasteiger partial charge in [-0.15, -0.1) is 0 Å². The van der Waals surface area contributed by atoms with Crippen LogP contribution in [0, 0.1) is 0 Å². The summed E-state index contributed by atoms with van der Waals surface area (Å²) in [5.74, 6) is 0.408. The molecule has 1 aromatic carbocycles. The van der Waals surface area contributed by atoms with E-state index in [0.717, 1.165) is 12.2 Å². The van der Waals surface area contributed by atoms with Gasteiger partial charge in [0.1, 0.15) is 5.75 Å². The van der Waals surface area contributed by atoms with E-state index in [2.05, 4.69) is 0 Å². The fourth-order valence-corrected chi connectivity index (χ4v) is 6.16. The third-order valence-corrected chi connectivity index (χ3v) is 7.20. The number of benzene rings is 1. The van der Waals surface area contributed by atoms with Gasteiger partial charge in [0.05, 0.1) is 17.6 Å². The number of hydrogen-bond donors (Lipinski definition) is 1. The zero-order valence-corrected chi connectivity index (χ0v) is 13.1. The molecule has 1 aromatic rings. The summed E-state index contributed by atoms with van der Waals surface area (Å²) in [4.78, 5) is 11.5. The van der Waals surface area contributed by atoms with Crippen LogP contribution in [0.4, 0.5) is 0 Å². The minimum atomic E-state index is -3.59. The van der Waals surface area contributed by atoms with E-state index in [1.54, 1.807) is 4.31 Å². The molecule has 6 nitrogen and oxygen atoms in total. The van der Waals surface area contributed by atoms with Gasteiger partial charge in [0, 0.05) is 23.6 Å². The monoisotopic (exact) mass is 328 g/mol. The molecule has 2 aliphatic rings. The Hall–Kier alpha value is -1.25. The van der Waals surface area contributed by atoms with Gasteiger partial charge in [-0.1, -0.05) is 0 Å². The predicted octanol–water partition coefficient (Wildman–Crippen LogP) is 0.673. The molecule has 0 spiro atoms. The third kappa shape index (κ3) is 2.41. The Morgan fingerprint density at radius 3 is 2.76 bits per heavy atom. The van der Waals surface area contributed by atoms with Gasteiger partial charge in [-0.05, 0) is 24.6 Å². The molecule has 2 atom stereocenters. The lowest BCUT2D eigenvalue weighted by molar-refractivity contribution is 0.0997. The van der Waals surface area contributed by atoms with E-state index in [4.69, 9.17) is 10.5 Å². The molecule has 2 heterocycles. The molecular formula is C13H16N2O4S2. The number of hydrogen-bond acceptors (Lipinski definition) is 5. The number of fused-ring (bicyclic) bond motifs is 2. The average molecular weight is 328 g/mol. The smallest absolute Gasteiger partial charge is 0.252 e. The van der Waals surface area contributed by atoms with Gasteiger partial charge >= 0.3 is 0 Å². The van der Waals surface area contributed by atoms with Gasteiger partial charge in [-0.25, -0.2) is 8.42 Å². The molecule has 2 saturated heterocycles. The maximum atomic E-state index is 12.7. The SMILES string of the molecule is COc1ccc(S(=O)(=O)N2C[C@H]3C[C@H]2CS3)cc1C(N)=O. The van der Waals surface area contributed by atoms with Gasteiger partial charge < -0.3 is 10.5 Å². The molecule has 0 saturated carbocycles. The number of rotatable bonds is 4. The summed E-state index contributed by atoms with van der Waals surface area (Å²) >= 11 is 1.82. The van der Waals surface area contributed by atoms with E-state index in [0.29, 0.717) is 11.8 Å². The first-order valence-electron chi connectivity index (χ1n) is 6.55. The van der Waals surface area contributed by atoms with E-state index >= 15 is 0 Å². The molecule has 21 heavy (non-hydrogen) atoms. The van der Waals surface area contributed by atoms with Crippen molar-refractivity contribution in [2.24, 2.45) is 5.73 Å². The highest BCUT2D eigenvalue weighted by Crippen LogP contribution is 2.40. The quantitative estimate of drug-likeness (QED) is 0.877. The van der Waals surface area contributed by atoms with Crippen molar-refractivity contribution >= 4 is 27.7 Å². The van der Waals surface area contributed by atoms with Crippen molar-refractivity contribution in [3.05, 3.63) is 23.8 Å². The summed E-state index contributed by atoms with van der Waals surface area (Å²) < 4.78 is 32.0. The fourth-order valence-electron chi connectivity index (χ4n) is 2.83. The zero-order chi connectivity index (χ0) is 15.2. The van der Waals surface area contributed by atoms with Crippen molar-refractivity contribution in [1.29, 1.82) is 0 Å². The number of nitrogens with two attached hydrogens (primary N) is 1. The number of methoxy groups -OCH3 is 1. The van der Waals surface area contributed by atoms with Crippen LogP contribution < -0.4 is 10.5 Å². The van der Waals surface area contributed by atoms with E-state index in [1.807, 2.05) is 11.8 Å². The highest BCUT2D eigenvalue weighted by Gasteiger charge is 2.45. The van der Waals surface area contributed by atoms with Crippen LogP contribution in [0.25, 0.3) is 0 Å². The summed E-state index contributed by atoms with van der Waals surface area (Å²) in [6.07, 6.45) is 0.905. The second-order valence-electron chi connectivity index (χ2n) is 5.15. The second kappa shape index (κ2) is 5.19. The fraction of sp³-hybridized carbons (Fsp3) is 0.462. The van der Waals surface area contributed by atoms with Crippen LogP contribution in [0.15, 0.2) is 23.1 Å². The van der Waals surface area contributed by atoms with Crippen molar-refractivity contribution < 1.29 is 17.9 Å². The standard InChI is InChI=1S/C13H16N2O4S2/c1-19-12-3-2-10(5-11(12)13(14)16)21(17,18)15-6-9-4-8(15)7-20-9/h2-3,5,8-9H,4,6-7H2,1H3,(H2,14,16)/t8-,9+/m0/s1. The Morgan fingerprint density at radius 2 is 2.24 bits per heavy atom. The van der Waals surface area contributed by atoms with Gasteiger partial charge in [0.15, 0.2) is 0 Å². The van der Waals surface area contributed by atoms with Gasteiger partial charge in [-0.2, -0.15) is 16.1 Å². The van der Waals surface area contributed by atoms with Crippen molar-refractivity contribution in [2.75, 3.05) is 19.4 Å². The first kappa shape index (κ1) is 14.7. The Labute approximate surface area is 127 Å². The van der Waals surface area contributed by atoms with E-state index < -0.39 is 15.9 Å². The molecule has 0 unspecified atom stereocenters. The lowest BCUT2D eigenvalue weighted by Gasteiger charge is -2.26. The van der Waals surface area contributed by atoms with Crippen molar-refractivity contribution in [2.45, 2.75) is 22.6 Å². The summed E-state index contributed by atoms with van der Waals surface area (Å²) in [5, 5.41) is 0.388. The summed E-state index contributed by atoms with van der Waals surface area (Å²) in [7, 11) is -2.18. The number of sulfonamides is 1. The van der Waals surface area contributed by atoms with Gasteiger partial charge in [0.25, 0.3) is 5.91 Å². The van der Waals surface area contributed by atoms with Crippen LogP contribution in [0.1, 0.15) is 16.8 Å². The molecule has 0 aromatic heterocycles. The lowest BCUT2D eigenvalue weighted by atomic mass is 10.2. The van der Waals surface area contributed by atoms with Crippen LogP contribution in [-0.4, -0.2) is 49.3 Å². The van der Waals surface area contributed by atoms with Crippen molar-refractivity contribution in [3.8, 4) is 5.75 Å². The molecule has 0 aliphatic carbocycles. The predicted molar refractivity (Wildman–Crippen MR) is 80.1 cm³/mol. The Balaban J connectivity index is 1.99. The number of carbonyl (C=O) groups is 1. The Bertz CT molecular complexity index is 689. The molecular weight excluding hydrogens is 312 g/mol. The molecule has 2 fully saturated rings. The van der Waals surface area contributed by atoms with Crippen LogP contribution >= 0.6 is 11.8 Å². The maximum Gasteiger partial charge on any atom is 0.252 e. The number of amides is 1. The van der Waals surface area contributed by atoms with Gasteiger partial charge in [-0.3, -0.25) is 4.79 Å². The number of nitrogens with zero attached hydrogens (tertiary/aromatic N) is 1. The molecule has 2 bridgehead atoms. The average Bonchev–Trinajstić information content (AvgIpc) is 3.09. The maximum absolute atomic E-state index is 12.7. The molecule has 0 radical (unpaired) electrons. The largest absolute Gasteiger partial charge is 0.496 e. The lowest BCUT2D eigenvalue weighted by Crippen LogP contribution is -2.39. The molecule has 114 valence electrons. The normalized spacial score (nSPS) is 25.2. The molecule has 2 aliphatic heterocycles. The van der Waals surface area contributed by atoms with Crippen LogP contribution in [0.2, 0.25) is 0 Å². The number of carbonyl (C=O) groups excluding carboxylic acids is 1. The van der Waals surface area contributed by atoms with Crippen LogP contribution in [-0.2, 0) is 10.0 Å². The third-order valence-electron chi connectivity index (χ3n) is 3.89. The number of thioether (sulfide) groups is 1. The second-order valence-corrected chi connectivity index (χ2v) is 8.37. The summed E-state index contributed by atoms with van der Waals surface area (Å²) in [6.45, 7) is 0.537. The van der Waals surface area contributed by atoms with Crippen LogP contribution in [0.3, 0.4) is 0 Å². The highest BCUT2D eigenvalue weighted by atomic mass is 32.2. The first-order chi connectivity index (χ1) is 9.93. The summed E-state index contributed by atoms with van der Waals surface area (Å²) in [6, 6.07) is 4.29. The Morgan fingerprint density at radius 1 is 1.48 bits per heavy atom. The Kier molecular flexibility index (Phi) is 3.62.